The number of hydrogen-bond donors (Lipinski definition) is 0. The van der Waals surface area contributed by atoms with E-state index in [0.717, 1.165) is 26.7 Å². The summed E-state index contributed by atoms with van der Waals surface area (Å²) in [5.74, 6) is 0.622. The monoisotopic (exact) mass is 411 g/mol. The second-order valence-electron chi connectivity index (χ2n) is 6.38. The minimum absolute atomic E-state index is 0.00878. The van der Waals surface area contributed by atoms with Gasteiger partial charge in [0.25, 0.3) is 5.91 Å². The zero-order chi connectivity index (χ0) is 18.3. The molecule has 3 aromatic rings. The quantitative estimate of drug-likeness (QED) is 0.651. The Morgan fingerprint density at radius 3 is 2.58 bits per heavy atom. The fraction of sp³-hybridized carbons (Fsp3) is 0.200. The maximum absolute atomic E-state index is 12.8. The van der Waals surface area contributed by atoms with Gasteiger partial charge in [-0.3, -0.25) is 9.48 Å². The summed E-state index contributed by atoms with van der Waals surface area (Å²) >= 11 is 3.45. The molecule has 0 saturated heterocycles. The fourth-order valence-electron chi connectivity index (χ4n) is 3.32. The van der Waals surface area contributed by atoms with Crippen LogP contribution in [0.1, 0.15) is 21.5 Å². The number of hydrogen-bond acceptors (Lipinski definition) is 3. The number of carbonyl (C=O) groups is 1. The highest BCUT2D eigenvalue weighted by atomic mass is 79.9. The molecule has 1 aromatic heterocycles. The highest BCUT2D eigenvalue weighted by Gasteiger charge is 2.31. The van der Waals surface area contributed by atoms with Gasteiger partial charge in [0.15, 0.2) is 0 Å². The molecule has 0 spiro atoms. The number of aromatic nitrogens is 2. The SMILES string of the molecule is COc1c(Br)ccc2c1C(=O)N(Cc1ccc(-c3cnn(C)c3)cc1)C2. The zero-order valence-electron chi connectivity index (χ0n) is 14.6. The summed E-state index contributed by atoms with van der Waals surface area (Å²) in [4.78, 5) is 14.7. The van der Waals surface area contributed by atoms with Crippen molar-refractivity contribution in [2.45, 2.75) is 13.1 Å². The highest BCUT2D eigenvalue weighted by molar-refractivity contribution is 9.10. The second kappa shape index (κ2) is 6.61. The van der Waals surface area contributed by atoms with Gasteiger partial charge >= 0.3 is 0 Å². The Hall–Kier alpha value is -2.60. The number of benzene rings is 2. The summed E-state index contributed by atoms with van der Waals surface area (Å²) in [7, 11) is 3.49. The fourth-order valence-corrected chi connectivity index (χ4v) is 3.81. The van der Waals surface area contributed by atoms with Crippen molar-refractivity contribution < 1.29 is 9.53 Å². The third kappa shape index (κ3) is 2.90. The van der Waals surface area contributed by atoms with Crippen LogP contribution in [0.25, 0.3) is 11.1 Å². The van der Waals surface area contributed by atoms with E-state index in [1.54, 1.807) is 11.8 Å². The Labute approximate surface area is 160 Å². The number of ether oxygens (including phenoxy) is 1. The lowest BCUT2D eigenvalue weighted by atomic mass is 10.1. The van der Waals surface area contributed by atoms with Crippen LogP contribution in [-0.4, -0.2) is 27.7 Å². The summed E-state index contributed by atoms with van der Waals surface area (Å²) in [6.45, 7) is 1.17. The lowest BCUT2D eigenvalue weighted by molar-refractivity contribution is 0.0764. The normalized spacial score (nSPS) is 13.2. The zero-order valence-corrected chi connectivity index (χ0v) is 16.2. The number of amides is 1. The molecule has 4 rings (SSSR count). The van der Waals surface area contributed by atoms with Crippen LogP contribution in [0.5, 0.6) is 5.75 Å². The summed E-state index contributed by atoms with van der Waals surface area (Å²) < 4.78 is 8.01. The smallest absolute Gasteiger partial charge is 0.258 e. The molecule has 0 atom stereocenters. The molecule has 26 heavy (non-hydrogen) atoms. The predicted molar refractivity (Wildman–Crippen MR) is 103 cm³/mol. The van der Waals surface area contributed by atoms with E-state index >= 15 is 0 Å². The molecule has 0 N–H and O–H groups in total. The average Bonchev–Trinajstić information content (AvgIpc) is 3.20. The third-order valence-electron chi connectivity index (χ3n) is 4.63. The Balaban J connectivity index is 1.54. The largest absolute Gasteiger partial charge is 0.495 e. The van der Waals surface area contributed by atoms with Gasteiger partial charge in [0.1, 0.15) is 5.75 Å². The van der Waals surface area contributed by atoms with E-state index in [9.17, 15) is 4.79 Å². The molecule has 132 valence electrons. The average molecular weight is 412 g/mol. The Morgan fingerprint density at radius 2 is 1.92 bits per heavy atom. The number of rotatable bonds is 4. The van der Waals surface area contributed by atoms with Crippen molar-refractivity contribution in [3.8, 4) is 16.9 Å². The van der Waals surface area contributed by atoms with E-state index in [1.807, 2.05) is 36.5 Å². The molecule has 0 unspecified atom stereocenters. The van der Waals surface area contributed by atoms with Crippen LogP contribution in [0.2, 0.25) is 0 Å². The molecule has 0 bridgehead atoms. The lowest BCUT2D eigenvalue weighted by Crippen LogP contribution is -2.23. The van der Waals surface area contributed by atoms with Crippen molar-refractivity contribution in [2.75, 3.05) is 7.11 Å². The summed E-state index contributed by atoms with van der Waals surface area (Å²) in [5.41, 5.74) is 4.95. The van der Waals surface area contributed by atoms with Gasteiger partial charge in [0.05, 0.1) is 23.3 Å². The lowest BCUT2D eigenvalue weighted by Gasteiger charge is -2.16. The Kier molecular flexibility index (Phi) is 4.28. The van der Waals surface area contributed by atoms with E-state index in [2.05, 4.69) is 45.3 Å². The number of fused-ring (bicyclic) bond motifs is 1. The van der Waals surface area contributed by atoms with Crippen molar-refractivity contribution in [3.05, 3.63) is 70.0 Å². The van der Waals surface area contributed by atoms with E-state index < -0.39 is 0 Å². The minimum atomic E-state index is 0.00878. The Morgan fingerprint density at radius 1 is 1.15 bits per heavy atom. The van der Waals surface area contributed by atoms with Crippen LogP contribution >= 0.6 is 15.9 Å². The van der Waals surface area contributed by atoms with Crippen LogP contribution in [0.3, 0.4) is 0 Å². The summed E-state index contributed by atoms with van der Waals surface area (Å²) in [6.07, 6.45) is 3.83. The molecule has 0 aliphatic carbocycles. The van der Waals surface area contributed by atoms with E-state index in [-0.39, 0.29) is 5.91 Å². The predicted octanol–water partition coefficient (Wildman–Crippen LogP) is 4.01. The van der Waals surface area contributed by atoms with Gasteiger partial charge in [-0.05, 0) is 38.7 Å². The maximum atomic E-state index is 12.8. The molecule has 1 amide bonds. The van der Waals surface area contributed by atoms with Gasteiger partial charge in [-0.1, -0.05) is 30.3 Å². The van der Waals surface area contributed by atoms with E-state index in [4.69, 9.17) is 4.74 Å². The molecule has 5 nitrogen and oxygen atoms in total. The van der Waals surface area contributed by atoms with Crippen LogP contribution in [-0.2, 0) is 20.1 Å². The standard InChI is InChI=1S/C20H18BrN3O2/c1-23-11-16(9-22-23)14-5-3-13(4-6-14)10-24-12-15-7-8-17(21)19(26-2)18(15)20(24)25/h3-9,11H,10,12H2,1-2H3. The summed E-state index contributed by atoms with van der Waals surface area (Å²) in [6, 6.07) is 12.2. The molecule has 6 heteroatoms. The van der Waals surface area contributed by atoms with Crippen molar-refractivity contribution >= 4 is 21.8 Å². The van der Waals surface area contributed by atoms with Crippen molar-refractivity contribution in [1.29, 1.82) is 0 Å². The van der Waals surface area contributed by atoms with Crippen molar-refractivity contribution in [1.82, 2.24) is 14.7 Å². The molecule has 0 fully saturated rings. The van der Waals surface area contributed by atoms with Gasteiger partial charge in [-0.15, -0.1) is 0 Å². The number of methoxy groups -OCH3 is 1. The summed E-state index contributed by atoms with van der Waals surface area (Å²) in [5, 5.41) is 4.20. The highest BCUT2D eigenvalue weighted by Crippen LogP contribution is 2.37. The van der Waals surface area contributed by atoms with Gasteiger partial charge in [-0.25, -0.2) is 0 Å². The molecule has 1 aliphatic rings. The number of nitrogens with zero attached hydrogens (tertiary/aromatic N) is 3. The van der Waals surface area contributed by atoms with Crippen LogP contribution in [0, 0.1) is 0 Å². The van der Waals surface area contributed by atoms with Gasteiger partial charge in [-0.2, -0.15) is 5.10 Å². The van der Waals surface area contributed by atoms with E-state index in [0.29, 0.717) is 24.4 Å². The van der Waals surface area contributed by atoms with Gasteiger partial charge in [0, 0.05) is 31.9 Å². The van der Waals surface area contributed by atoms with Crippen LogP contribution in [0.15, 0.2) is 53.3 Å². The minimum Gasteiger partial charge on any atom is -0.495 e. The first-order chi connectivity index (χ1) is 12.6. The Bertz CT molecular complexity index is 979. The number of halogens is 1. The first-order valence-corrected chi connectivity index (χ1v) is 9.08. The molecular weight excluding hydrogens is 394 g/mol. The third-order valence-corrected chi connectivity index (χ3v) is 5.25. The van der Waals surface area contributed by atoms with Crippen LogP contribution < -0.4 is 4.74 Å². The second-order valence-corrected chi connectivity index (χ2v) is 7.23. The molecule has 2 aromatic carbocycles. The molecule has 0 saturated carbocycles. The first-order valence-electron chi connectivity index (χ1n) is 8.29. The molecule has 1 aliphatic heterocycles. The van der Waals surface area contributed by atoms with Crippen molar-refractivity contribution in [3.63, 3.8) is 0 Å². The molecule has 0 radical (unpaired) electrons. The number of carbonyl (C=O) groups excluding carboxylic acids is 1. The number of aryl methyl sites for hydroxylation is 1. The first kappa shape index (κ1) is 16.8. The molecule has 2 heterocycles. The van der Waals surface area contributed by atoms with Gasteiger partial charge in [0.2, 0.25) is 0 Å². The van der Waals surface area contributed by atoms with Crippen molar-refractivity contribution in [2.24, 2.45) is 7.05 Å². The van der Waals surface area contributed by atoms with E-state index in [1.165, 1.54) is 0 Å². The van der Waals surface area contributed by atoms with Crippen LogP contribution in [0.4, 0.5) is 0 Å². The van der Waals surface area contributed by atoms with Gasteiger partial charge < -0.3 is 9.64 Å². The molecular formula is C20H18BrN3O2. The maximum Gasteiger partial charge on any atom is 0.258 e. The topological polar surface area (TPSA) is 47.4 Å².